The highest BCUT2D eigenvalue weighted by atomic mass is 16.5. The lowest BCUT2D eigenvalue weighted by Crippen LogP contribution is -2.62. The third-order valence-electron chi connectivity index (χ3n) is 7.15. The number of rotatable bonds is 4. The van der Waals surface area contributed by atoms with Crippen molar-refractivity contribution in [3.05, 3.63) is 23.8 Å². The average molecular weight is 374 g/mol. The third kappa shape index (κ3) is 3.16. The Morgan fingerprint density at radius 2 is 2.00 bits per heavy atom. The normalized spacial score (nSPS) is 31.6. The molecule has 1 heterocycles. The van der Waals surface area contributed by atoms with Crippen LogP contribution >= 0.6 is 0 Å². The fraction of sp³-hybridized carbons (Fsp3) is 0.696. The van der Waals surface area contributed by atoms with Crippen molar-refractivity contribution < 1.29 is 14.3 Å². The number of hydrogen-bond donors (Lipinski definition) is 1. The summed E-state index contributed by atoms with van der Waals surface area (Å²) in [6.07, 6.45) is 4.10. The van der Waals surface area contributed by atoms with Gasteiger partial charge in [-0.15, -0.1) is 0 Å². The van der Waals surface area contributed by atoms with E-state index in [1.54, 1.807) is 0 Å². The lowest BCUT2D eigenvalue weighted by atomic mass is 9.48. The molecule has 0 bridgehead atoms. The van der Waals surface area contributed by atoms with Gasteiger partial charge in [-0.3, -0.25) is 4.79 Å². The fourth-order valence-electron chi connectivity index (χ4n) is 6.04. The van der Waals surface area contributed by atoms with Crippen molar-refractivity contribution in [3.8, 4) is 11.5 Å². The van der Waals surface area contributed by atoms with Crippen LogP contribution in [0, 0.1) is 17.8 Å². The summed E-state index contributed by atoms with van der Waals surface area (Å²) in [5.74, 6) is 2.42. The molecule has 1 fully saturated rings. The molecule has 1 aromatic rings. The SMILES string of the molecule is CCC(CC)[C@@]12CC(C)C(N)C[C@H]1C(C)(C)Oc1cccc(OC(C)=O)c12. The molecule has 4 atom stereocenters. The number of benzene rings is 1. The topological polar surface area (TPSA) is 61.6 Å². The lowest BCUT2D eigenvalue weighted by molar-refractivity contribution is -0.132. The first-order valence-electron chi connectivity index (χ1n) is 10.4. The van der Waals surface area contributed by atoms with Crippen molar-refractivity contribution in [2.75, 3.05) is 0 Å². The van der Waals surface area contributed by atoms with Gasteiger partial charge in [-0.2, -0.15) is 0 Å². The first-order chi connectivity index (χ1) is 12.7. The minimum absolute atomic E-state index is 0.0953. The van der Waals surface area contributed by atoms with Crippen molar-refractivity contribution in [2.45, 2.75) is 84.3 Å². The number of ether oxygens (including phenoxy) is 2. The van der Waals surface area contributed by atoms with Crippen molar-refractivity contribution in [1.82, 2.24) is 0 Å². The second-order valence-electron chi connectivity index (χ2n) is 9.12. The molecule has 27 heavy (non-hydrogen) atoms. The highest BCUT2D eigenvalue weighted by molar-refractivity contribution is 5.71. The predicted octanol–water partition coefficient (Wildman–Crippen LogP) is 4.83. The van der Waals surface area contributed by atoms with Crippen LogP contribution < -0.4 is 15.2 Å². The summed E-state index contributed by atoms with van der Waals surface area (Å²) in [5.41, 5.74) is 7.23. The molecule has 0 radical (unpaired) electrons. The van der Waals surface area contributed by atoms with Crippen LogP contribution in [-0.4, -0.2) is 17.6 Å². The van der Waals surface area contributed by atoms with E-state index in [1.165, 1.54) is 6.92 Å². The van der Waals surface area contributed by atoms with Gasteiger partial charge in [-0.05, 0) is 50.7 Å². The van der Waals surface area contributed by atoms with Gasteiger partial charge in [0.05, 0.1) is 0 Å². The van der Waals surface area contributed by atoms with Gasteiger partial charge in [0.1, 0.15) is 17.1 Å². The molecule has 2 unspecified atom stereocenters. The third-order valence-corrected chi connectivity index (χ3v) is 7.15. The van der Waals surface area contributed by atoms with E-state index in [0.29, 0.717) is 17.6 Å². The van der Waals surface area contributed by atoms with Crippen LogP contribution in [0.1, 0.15) is 72.8 Å². The van der Waals surface area contributed by atoms with Gasteiger partial charge < -0.3 is 15.2 Å². The smallest absolute Gasteiger partial charge is 0.308 e. The van der Waals surface area contributed by atoms with Crippen LogP contribution in [-0.2, 0) is 10.2 Å². The molecule has 2 aliphatic rings. The van der Waals surface area contributed by atoms with Crippen molar-refractivity contribution in [2.24, 2.45) is 23.5 Å². The fourth-order valence-corrected chi connectivity index (χ4v) is 6.04. The highest BCUT2D eigenvalue weighted by Crippen LogP contribution is 2.62. The summed E-state index contributed by atoms with van der Waals surface area (Å²) in [7, 11) is 0. The Morgan fingerprint density at radius 3 is 2.59 bits per heavy atom. The second kappa shape index (κ2) is 7.12. The van der Waals surface area contributed by atoms with Gasteiger partial charge in [-0.25, -0.2) is 0 Å². The number of carbonyl (C=O) groups is 1. The molecule has 3 rings (SSSR count). The van der Waals surface area contributed by atoms with Crippen LogP contribution in [0.5, 0.6) is 11.5 Å². The molecule has 150 valence electrons. The molecule has 0 aromatic heterocycles. The van der Waals surface area contributed by atoms with Crippen LogP contribution in [0.4, 0.5) is 0 Å². The first-order valence-corrected chi connectivity index (χ1v) is 10.4. The minimum atomic E-state index is -0.317. The molecule has 4 heteroatoms. The lowest BCUT2D eigenvalue weighted by Gasteiger charge is -2.60. The predicted molar refractivity (Wildman–Crippen MR) is 108 cm³/mol. The number of fused-ring (bicyclic) bond motifs is 3. The summed E-state index contributed by atoms with van der Waals surface area (Å²) in [4.78, 5) is 11.8. The van der Waals surface area contributed by atoms with E-state index in [4.69, 9.17) is 15.2 Å². The number of nitrogens with two attached hydrogens (primary N) is 1. The van der Waals surface area contributed by atoms with Gasteiger partial charge in [-0.1, -0.05) is 39.7 Å². The standard InChI is InChI=1S/C23H35NO3/c1-7-16(8-2)23-13-14(3)17(24)12-20(23)22(5,6)27-19-11-9-10-18(21(19)23)26-15(4)25/h9-11,14,16-17,20H,7-8,12-13,24H2,1-6H3/t14?,17?,20-,23-/m0/s1. The Kier molecular flexibility index (Phi) is 5.33. The van der Waals surface area contributed by atoms with Crippen molar-refractivity contribution in [3.63, 3.8) is 0 Å². The number of carbonyl (C=O) groups excluding carboxylic acids is 1. The summed E-state index contributed by atoms with van der Waals surface area (Å²) in [6.45, 7) is 12.7. The van der Waals surface area contributed by atoms with E-state index in [1.807, 2.05) is 18.2 Å². The van der Waals surface area contributed by atoms with Gasteiger partial charge in [0.25, 0.3) is 0 Å². The first kappa shape index (κ1) is 20.2. The molecular weight excluding hydrogens is 338 g/mol. The molecule has 0 saturated heterocycles. The maximum atomic E-state index is 11.8. The minimum Gasteiger partial charge on any atom is -0.487 e. The largest absolute Gasteiger partial charge is 0.487 e. The second-order valence-corrected chi connectivity index (χ2v) is 9.12. The Labute approximate surface area is 163 Å². The van der Waals surface area contributed by atoms with E-state index in [9.17, 15) is 4.79 Å². The zero-order valence-corrected chi connectivity index (χ0v) is 17.7. The molecule has 1 saturated carbocycles. The number of hydrogen-bond acceptors (Lipinski definition) is 4. The summed E-state index contributed by atoms with van der Waals surface area (Å²) < 4.78 is 12.2. The van der Waals surface area contributed by atoms with Gasteiger partial charge in [0.15, 0.2) is 0 Å². The Morgan fingerprint density at radius 1 is 1.33 bits per heavy atom. The molecule has 1 aliphatic carbocycles. The van der Waals surface area contributed by atoms with E-state index < -0.39 is 0 Å². The molecule has 1 aliphatic heterocycles. The maximum Gasteiger partial charge on any atom is 0.308 e. The van der Waals surface area contributed by atoms with Crippen molar-refractivity contribution in [1.29, 1.82) is 0 Å². The summed E-state index contributed by atoms with van der Waals surface area (Å²) in [5, 5.41) is 0. The molecule has 0 spiro atoms. The van der Waals surface area contributed by atoms with Gasteiger partial charge >= 0.3 is 5.97 Å². The zero-order valence-electron chi connectivity index (χ0n) is 17.7. The molecule has 0 amide bonds. The van der Waals surface area contributed by atoms with E-state index in [0.717, 1.165) is 37.0 Å². The summed E-state index contributed by atoms with van der Waals surface area (Å²) >= 11 is 0. The molecular formula is C23H35NO3. The molecule has 2 N–H and O–H groups in total. The summed E-state index contributed by atoms with van der Waals surface area (Å²) in [6, 6.07) is 6.04. The van der Waals surface area contributed by atoms with Crippen molar-refractivity contribution >= 4 is 5.97 Å². The van der Waals surface area contributed by atoms with E-state index >= 15 is 0 Å². The Balaban J connectivity index is 2.32. The molecule has 4 nitrogen and oxygen atoms in total. The molecule has 1 aromatic carbocycles. The van der Waals surface area contributed by atoms with E-state index in [-0.39, 0.29) is 28.9 Å². The van der Waals surface area contributed by atoms with Gasteiger partial charge in [0.2, 0.25) is 0 Å². The van der Waals surface area contributed by atoms with Gasteiger partial charge in [0, 0.05) is 29.9 Å². The van der Waals surface area contributed by atoms with Crippen LogP contribution in [0.2, 0.25) is 0 Å². The maximum absolute atomic E-state index is 11.8. The van der Waals surface area contributed by atoms with Crippen LogP contribution in [0.25, 0.3) is 0 Å². The number of esters is 1. The quantitative estimate of drug-likeness (QED) is 0.606. The van der Waals surface area contributed by atoms with Crippen LogP contribution in [0.3, 0.4) is 0 Å². The monoisotopic (exact) mass is 373 g/mol. The Hall–Kier alpha value is -1.55. The zero-order chi connectivity index (χ0) is 20.0. The van der Waals surface area contributed by atoms with E-state index in [2.05, 4.69) is 34.6 Å². The van der Waals surface area contributed by atoms with Crippen LogP contribution in [0.15, 0.2) is 18.2 Å². The Bertz CT molecular complexity index is 710. The highest BCUT2D eigenvalue weighted by Gasteiger charge is 2.60. The average Bonchev–Trinajstić information content (AvgIpc) is 2.57.